The quantitative estimate of drug-likeness (QED) is 0.339. The van der Waals surface area contributed by atoms with E-state index in [1.54, 1.807) is 18.2 Å². The number of fused-ring (bicyclic) bond motifs is 1. The van der Waals surface area contributed by atoms with Gasteiger partial charge in [0.25, 0.3) is 5.91 Å². The minimum Gasteiger partial charge on any atom is -0.383 e. The summed E-state index contributed by atoms with van der Waals surface area (Å²) in [7, 11) is 1.37. The molecule has 3 rings (SSSR count). The van der Waals surface area contributed by atoms with Gasteiger partial charge in [0.1, 0.15) is 23.7 Å². The Morgan fingerprint density at radius 1 is 1.25 bits per heavy atom. The number of nitrogens with one attached hydrogen (secondary N) is 4. The monoisotopic (exact) mass is 381 g/mol. The third kappa shape index (κ3) is 3.94. The number of nitrogens with two attached hydrogens (primary N) is 1. The van der Waals surface area contributed by atoms with Crippen molar-refractivity contribution in [1.29, 1.82) is 5.41 Å². The minimum absolute atomic E-state index is 0.184. The lowest BCUT2D eigenvalue weighted by Crippen LogP contribution is -2.28. The second-order valence-electron chi connectivity index (χ2n) is 7.35. The van der Waals surface area contributed by atoms with E-state index in [1.165, 1.54) is 13.4 Å². The molecule has 0 bridgehead atoms. The van der Waals surface area contributed by atoms with Gasteiger partial charge in [-0.2, -0.15) is 0 Å². The van der Waals surface area contributed by atoms with Crippen molar-refractivity contribution in [2.75, 3.05) is 18.2 Å². The normalized spacial score (nSPS) is 11.4. The van der Waals surface area contributed by atoms with Gasteiger partial charge in [0.2, 0.25) is 0 Å². The zero-order valence-electron chi connectivity index (χ0n) is 16.2. The number of hydrogen-bond acceptors (Lipinski definition) is 7. The van der Waals surface area contributed by atoms with Crippen LogP contribution < -0.4 is 16.5 Å². The molecule has 0 radical (unpaired) electrons. The van der Waals surface area contributed by atoms with Crippen LogP contribution in [0.4, 0.5) is 11.6 Å². The lowest BCUT2D eigenvalue weighted by atomic mass is 10.0. The first kappa shape index (κ1) is 19.3. The van der Waals surface area contributed by atoms with Crippen molar-refractivity contribution in [2.24, 2.45) is 0 Å². The second-order valence-corrected chi connectivity index (χ2v) is 7.35. The number of nitrogens with zero attached hydrogens (tertiary/aromatic N) is 2. The highest BCUT2D eigenvalue weighted by Crippen LogP contribution is 2.26. The van der Waals surface area contributed by atoms with E-state index in [0.717, 1.165) is 5.39 Å². The molecule has 3 aromatic rings. The van der Waals surface area contributed by atoms with Crippen LogP contribution in [-0.2, 0) is 4.84 Å². The molecule has 0 unspecified atom stereocenters. The first-order valence-electron chi connectivity index (χ1n) is 8.63. The largest absolute Gasteiger partial charge is 0.383 e. The molecule has 1 aromatic carbocycles. The van der Waals surface area contributed by atoms with E-state index < -0.39 is 0 Å². The Hall–Kier alpha value is -3.46. The fourth-order valence-electron chi connectivity index (χ4n) is 2.79. The lowest BCUT2D eigenvalue weighted by Gasteiger charge is -2.23. The van der Waals surface area contributed by atoms with Crippen molar-refractivity contribution >= 4 is 34.2 Å². The van der Waals surface area contributed by atoms with Gasteiger partial charge in [0.15, 0.2) is 0 Å². The molecule has 146 valence electrons. The van der Waals surface area contributed by atoms with Crippen LogP contribution in [0.1, 0.15) is 42.4 Å². The van der Waals surface area contributed by atoms with Gasteiger partial charge in [-0.05, 0) is 32.9 Å². The molecule has 0 atom stereocenters. The van der Waals surface area contributed by atoms with Crippen LogP contribution in [0.3, 0.4) is 0 Å². The highest BCUT2D eigenvalue weighted by molar-refractivity contribution is 6.17. The predicted octanol–water partition coefficient (Wildman–Crippen LogP) is 2.46. The number of hydrogen-bond donors (Lipinski definition) is 5. The number of aromatic nitrogens is 3. The number of H-pyrrole nitrogens is 1. The van der Waals surface area contributed by atoms with Gasteiger partial charge in [0, 0.05) is 22.0 Å². The molecule has 0 fully saturated rings. The number of hydroxylamine groups is 1. The smallest absolute Gasteiger partial charge is 0.291 e. The van der Waals surface area contributed by atoms with Crippen LogP contribution in [0.15, 0.2) is 30.6 Å². The Labute approximate surface area is 162 Å². The van der Waals surface area contributed by atoms with Crippen molar-refractivity contribution in [3.8, 4) is 0 Å². The third-order valence-corrected chi connectivity index (χ3v) is 3.97. The van der Waals surface area contributed by atoms with E-state index >= 15 is 0 Å². The van der Waals surface area contributed by atoms with Crippen molar-refractivity contribution in [2.45, 2.75) is 26.3 Å². The summed E-state index contributed by atoms with van der Waals surface area (Å²) in [5.74, 6) is 0.336. The molecule has 0 spiro atoms. The van der Waals surface area contributed by atoms with Crippen molar-refractivity contribution in [3.05, 3.63) is 47.4 Å². The second kappa shape index (κ2) is 7.28. The number of carbonyl (C=O) groups excluding carboxylic acids is 1. The number of aromatic amines is 1. The summed E-state index contributed by atoms with van der Waals surface area (Å²) < 4.78 is 0. The Bertz CT molecular complexity index is 1050. The average Bonchev–Trinajstić information content (AvgIpc) is 3.03. The van der Waals surface area contributed by atoms with Crippen LogP contribution in [-0.4, -0.2) is 39.2 Å². The molecule has 2 heterocycles. The summed E-state index contributed by atoms with van der Waals surface area (Å²) in [6, 6.07) is 7.12. The van der Waals surface area contributed by atoms with Crippen LogP contribution in [0.2, 0.25) is 0 Å². The molecule has 0 saturated heterocycles. The fraction of sp³-hybridized carbons (Fsp3) is 0.263. The maximum Gasteiger partial charge on any atom is 0.291 e. The molecule has 0 aliphatic carbocycles. The summed E-state index contributed by atoms with van der Waals surface area (Å²) >= 11 is 0. The molecule has 9 heteroatoms. The zero-order valence-corrected chi connectivity index (χ0v) is 16.2. The molecular weight excluding hydrogens is 358 g/mol. The van der Waals surface area contributed by atoms with Crippen molar-refractivity contribution in [1.82, 2.24) is 20.4 Å². The maximum atomic E-state index is 11.9. The molecule has 0 aliphatic rings. The number of amides is 1. The van der Waals surface area contributed by atoms with Crippen molar-refractivity contribution < 1.29 is 9.63 Å². The van der Waals surface area contributed by atoms with Gasteiger partial charge in [-0.1, -0.05) is 12.1 Å². The summed E-state index contributed by atoms with van der Waals surface area (Å²) in [5, 5.41) is 12.8. The van der Waals surface area contributed by atoms with Crippen LogP contribution in [0.25, 0.3) is 10.9 Å². The molecule has 1 amide bonds. The zero-order chi connectivity index (χ0) is 20.5. The van der Waals surface area contributed by atoms with Gasteiger partial charge in [0.05, 0.1) is 18.4 Å². The van der Waals surface area contributed by atoms with E-state index in [1.807, 2.05) is 26.8 Å². The Morgan fingerprint density at radius 2 is 2.00 bits per heavy atom. The van der Waals surface area contributed by atoms with Crippen LogP contribution in [0, 0.1) is 5.41 Å². The minimum atomic E-state index is -0.382. The number of anilines is 2. The molecule has 2 aromatic heterocycles. The van der Waals surface area contributed by atoms with E-state index in [2.05, 4.69) is 30.6 Å². The standard InChI is InChI=1S/C19H23N7O2/c1-19(2,3)25-17-14(16(21)22-9-23-17)15(20)11-6-5-10-7-13(18(27)26-28-4)24-12(10)8-11/h5-9,20,24H,1-4H3,(H,26,27)(H3,21,22,23,25). The van der Waals surface area contributed by atoms with Crippen LogP contribution in [0.5, 0.6) is 0 Å². The Morgan fingerprint density at radius 3 is 2.68 bits per heavy atom. The van der Waals surface area contributed by atoms with E-state index in [4.69, 9.17) is 11.1 Å². The Kier molecular flexibility index (Phi) is 5.02. The topological polar surface area (TPSA) is 142 Å². The van der Waals surface area contributed by atoms with Gasteiger partial charge >= 0.3 is 0 Å². The summed E-state index contributed by atoms with van der Waals surface area (Å²) in [6.07, 6.45) is 1.37. The molecule has 6 N–H and O–H groups in total. The maximum absolute atomic E-state index is 11.9. The Balaban J connectivity index is 2.01. The van der Waals surface area contributed by atoms with Gasteiger partial charge in [-0.15, -0.1) is 0 Å². The summed E-state index contributed by atoms with van der Waals surface area (Å²) in [5.41, 5.74) is 10.4. The highest BCUT2D eigenvalue weighted by Gasteiger charge is 2.20. The molecule has 28 heavy (non-hydrogen) atoms. The van der Waals surface area contributed by atoms with Crippen molar-refractivity contribution in [3.63, 3.8) is 0 Å². The van der Waals surface area contributed by atoms with Gasteiger partial charge in [-0.25, -0.2) is 15.4 Å². The number of carbonyl (C=O) groups is 1. The fourth-order valence-corrected chi connectivity index (χ4v) is 2.79. The van der Waals surface area contributed by atoms with Gasteiger partial charge < -0.3 is 16.0 Å². The number of nitrogen functional groups attached to an aromatic ring is 1. The number of benzene rings is 1. The van der Waals surface area contributed by atoms with E-state index in [-0.39, 0.29) is 23.0 Å². The van der Waals surface area contributed by atoms with E-state index in [0.29, 0.717) is 28.2 Å². The first-order chi connectivity index (χ1) is 13.2. The summed E-state index contributed by atoms with van der Waals surface area (Å²) in [4.78, 5) is 27.9. The summed E-state index contributed by atoms with van der Waals surface area (Å²) in [6.45, 7) is 5.99. The first-order valence-corrected chi connectivity index (χ1v) is 8.63. The van der Waals surface area contributed by atoms with Crippen LogP contribution >= 0.6 is 0 Å². The molecule has 0 aliphatic heterocycles. The SMILES string of the molecule is CONC(=O)c1cc2ccc(C(=N)c3c(N)ncnc3NC(C)(C)C)cc2[nH]1. The number of rotatable bonds is 5. The van der Waals surface area contributed by atoms with Gasteiger partial charge in [-0.3, -0.25) is 15.0 Å². The molecule has 9 nitrogen and oxygen atoms in total. The average molecular weight is 381 g/mol. The molecule has 0 saturated carbocycles. The predicted molar refractivity (Wildman–Crippen MR) is 109 cm³/mol. The highest BCUT2D eigenvalue weighted by atomic mass is 16.6. The van der Waals surface area contributed by atoms with E-state index in [9.17, 15) is 4.79 Å². The lowest BCUT2D eigenvalue weighted by molar-refractivity contribution is 0.0533. The molecular formula is C19H23N7O2. The third-order valence-electron chi connectivity index (χ3n) is 3.97.